The smallest absolute Gasteiger partial charge is 0.348 e. The molecule has 0 aliphatic carbocycles. The zero-order chi connectivity index (χ0) is 16.4. The molecule has 0 aliphatic rings. The normalized spacial score (nSPS) is 11.1. The Hall–Kier alpha value is -1.87. The summed E-state index contributed by atoms with van der Waals surface area (Å²) in [5.74, 6) is -0.677. The number of rotatable bonds is 3. The summed E-state index contributed by atoms with van der Waals surface area (Å²) >= 11 is 1.08. The minimum Gasteiger partial charge on any atom is -0.459 e. The van der Waals surface area contributed by atoms with Crippen molar-refractivity contribution < 1.29 is 14.3 Å². The first-order chi connectivity index (χ1) is 9.57. The van der Waals surface area contributed by atoms with Crippen LogP contribution in [0.2, 0.25) is 0 Å². The Labute approximate surface area is 128 Å². The summed E-state index contributed by atoms with van der Waals surface area (Å²) in [5, 5.41) is 12.4. The van der Waals surface area contributed by atoms with Gasteiger partial charge in [0.05, 0.1) is 11.7 Å². The van der Waals surface area contributed by atoms with Gasteiger partial charge in [-0.15, -0.1) is 11.3 Å². The summed E-state index contributed by atoms with van der Waals surface area (Å²) in [6.07, 6.45) is -0.239. The predicted molar refractivity (Wildman–Crippen MR) is 82.4 cm³/mol. The number of hydrogen-bond acceptors (Lipinski definition) is 5. The Bertz CT molecular complexity index is 604. The first kappa shape index (κ1) is 17.2. The number of carbonyl (C=O) groups excluding carboxylic acids is 2. The van der Waals surface area contributed by atoms with Gasteiger partial charge in [-0.3, -0.25) is 4.79 Å². The number of esters is 1. The van der Waals surface area contributed by atoms with Crippen LogP contribution in [0.4, 0.5) is 5.00 Å². The number of ether oxygens (including phenoxy) is 1. The molecule has 1 N–H and O–H groups in total. The third kappa shape index (κ3) is 4.05. The monoisotopic (exact) mass is 308 g/mol. The van der Waals surface area contributed by atoms with Crippen LogP contribution in [0.25, 0.3) is 0 Å². The third-order valence-electron chi connectivity index (χ3n) is 2.69. The van der Waals surface area contributed by atoms with Crippen molar-refractivity contribution in [3.05, 3.63) is 16.0 Å². The number of hydrogen-bond donors (Lipinski definition) is 1. The molecule has 0 aliphatic heterocycles. The number of thiophene rings is 1. The topological polar surface area (TPSA) is 79.2 Å². The van der Waals surface area contributed by atoms with Gasteiger partial charge in [-0.2, -0.15) is 5.26 Å². The molecular weight excluding hydrogens is 288 g/mol. The molecule has 1 aromatic heterocycles. The Kier molecular flexibility index (Phi) is 5.13. The van der Waals surface area contributed by atoms with Gasteiger partial charge in [0.2, 0.25) is 5.91 Å². The van der Waals surface area contributed by atoms with Gasteiger partial charge in [0.1, 0.15) is 15.9 Å². The third-order valence-corrected chi connectivity index (χ3v) is 3.88. The lowest BCUT2D eigenvalue weighted by Crippen LogP contribution is -2.27. The van der Waals surface area contributed by atoms with E-state index >= 15 is 0 Å². The van der Waals surface area contributed by atoms with Gasteiger partial charge >= 0.3 is 5.97 Å². The first-order valence-electron chi connectivity index (χ1n) is 6.63. The molecule has 0 bridgehead atoms. The summed E-state index contributed by atoms with van der Waals surface area (Å²) in [6.45, 7) is 10.5. The maximum Gasteiger partial charge on any atom is 0.348 e. The van der Waals surface area contributed by atoms with Crippen LogP contribution in [-0.4, -0.2) is 18.0 Å². The predicted octanol–water partition coefficient (Wildman–Crippen LogP) is 3.48. The van der Waals surface area contributed by atoms with E-state index in [0.717, 1.165) is 11.3 Å². The van der Waals surface area contributed by atoms with Crippen molar-refractivity contribution in [1.29, 1.82) is 5.26 Å². The molecule has 0 radical (unpaired) electrons. The van der Waals surface area contributed by atoms with Crippen LogP contribution in [0.1, 0.15) is 55.4 Å². The molecule has 1 aromatic rings. The zero-order valence-corrected chi connectivity index (χ0v) is 14.0. The van der Waals surface area contributed by atoms with Crippen LogP contribution in [0, 0.1) is 23.7 Å². The first-order valence-corrected chi connectivity index (χ1v) is 7.45. The second kappa shape index (κ2) is 6.27. The molecule has 1 heterocycles. The molecule has 5 nitrogen and oxygen atoms in total. The second-order valence-electron chi connectivity index (χ2n) is 6.03. The minimum absolute atomic E-state index is 0.205. The molecular formula is C15H20N2O3S. The highest BCUT2D eigenvalue weighted by atomic mass is 32.1. The van der Waals surface area contributed by atoms with Crippen LogP contribution < -0.4 is 5.32 Å². The SMILES string of the molecule is Cc1c(C(=O)OC(C)C)sc(NC(=O)C(C)(C)C)c1C#N. The van der Waals surface area contributed by atoms with E-state index in [0.29, 0.717) is 21.0 Å². The highest BCUT2D eigenvalue weighted by Crippen LogP contribution is 2.34. The van der Waals surface area contributed by atoms with Gasteiger partial charge in [-0.25, -0.2) is 4.79 Å². The number of amides is 1. The second-order valence-corrected chi connectivity index (χ2v) is 7.05. The maximum absolute atomic E-state index is 12.0. The van der Waals surface area contributed by atoms with E-state index in [-0.39, 0.29) is 12.0 Å². The Morgan fingerprint density at radius 2 is 1.90 bits per heavy atom. The fourth-order valence-electron chi connectivity index (χ4n) is 1.49. The van der Waals surface area contributed by atoms with E-state index in [1.165, 1.54) is 0 Å². The summed E-state index contributed by atoms with van der Waals surface area (Å²) in [6, 6.07) is 2.04. The van der Waals surface area contributed by atoms with E-state index in [9.17, 15) is 14.9 Å². The fraction of sp³-hybridized carbons (Fsp3) is 0.533. The van der Waals surface area contributed by atoms with Crippen molar-refractivity contribution in [3.63, 3.8) is 0 Å². The van der Waals surface area contributed by atoms with Gasteiger partial charge in [-0.1, -0.05) is 20.8 Å². The molecule has 114 valence electrons. The summed E-state index contributed by atoms with van der Waals surface area (Å²) < 4.78 is 5.15. The largest absolute Gasteiger partial charge is 0.459 e. The number of nitrogens with zero attached hydrogens (tertiary/aromatic N) is 1. The van der Waals surface area contributed by atoms with E-state index in [4.69, 9.17) is 4.74 Å². The Morgan fingerprint density at radius 3 is 2.33 bits per heavy atom. The van der Waals surface area contributed by atoms with Gasteiger partial charge in [-0.05, 0) is 26.3 Å². The quantitative estimate of drug-likeness (QED) is 0.867. The lowest BCUT2D eigenvalue weighted by Gasteiger charge is -2.16. The highest BCUT2D eigenvalue weighted by Gasteiger charge is 2.26. The number of nitrogens with one attached hydrogen (secondary N) is 1. The fourth-order valence-corrected chi connectivity index (χ4v) is 2.52. The van der Waals surface area contributed by atoms with Gasteiger partial charge < -0.3 is 10.1 Å². The van der Waals surface area contributed by atoms with Crippen molar-refractivity contribution in [2.24, 2.45) is 5.41 Å². The molecule has 0 fully saturated rings. The standard InChI is InChI=1S/C15H20N2O3S/c1-8(2)20-13(18)11-9(3)10(7-16)12(21-11)17-14(19)15(4,5)6/h8H,1-6H3,(H,17,19). The molecule has 1 amide bonds. The van der Waals surface area contributed by atoms with Gasteiger partial charge in [0.25, 0.3) is 0 Å². The molecule has 21 heavy (non-hydrogen) atoms. The maximum atomic E-state index is 12.0. The van der Waals surface area contributed by atoms with E-state index in [1.54, 1.807) is 41.5 Å². The summed E-state index contributed by atoms with van der Waals surface area (Å²) in [5.41, 5.74) is 0.272. The lowest BCUT2D eigenvalue weighted by atomic mass is 9.96. The Balaban J connectivity index is 3.16. The molecule has 0 unspecified atom stereocenters. The van der Waals surface area contributed by atoms with E-state index in [1.807, 2.05) is 6.07 Å². The van der Waals surface area contributed by atoms with Crippen molar-refractivity contribution in [2.75, 3.05) is 5.32 Å². The molecule has 1 rings (SSSR count). The van der Waals surface area contributed by atoms with E-state index in [2.05, 4.69) is 5.32 Å². The van der Waals surface area contributed by atoms with Crippen molar-refractivity contribution in [3.8, 4) is 6.07 Å². The Morgan fingerprint density at radius 1 is 1.33 bits per heavy atom. The van der Waals surface area contributed by atoms with Crippen LogP contribution in [0.15, 0.2) is 0 Å². The number of nitriles is 1. The molecule has 0 saturated carbocycles. The van der Waals surface area contributed by atoms with Crippen LogP contribution in [-0.2, 0) is 9.53 Å². The molecule has 6 heteroatoms. The van der Waals surface area contributed by atoms with Crippen molar-refractivity contribution in [1.82, 2.24) is 0 Å². The van der Waals surface area contributed by atoms with E-state index < -0.39 is 11.4 Å². The van der Waals surface area contributed by atoms with Crippen LogP contribution in [0.3, 0.4) is 0 Å². The number of anilines is 1. The number of carbonyl (C=O) groups is 2. The van der Waals surface area contributed by atoms with Gasteiger partial charge in [0, 0.05) is 5.41 Å². The van der Waals surface area contributed by atoms with Crippen LogP contribution >= 0.6 is 11.3 Å². The minimum atomic E-state index is -0.580. The highest BCUT2D eigenvalue weighted by molar-refractivity contribution is 7.18. The molecule has 0 aromatic carbocycles. The average Bonchev–Trinajstić information content (AvgIpc) is 2.63. The lowest BCUT2D eigenvalue weighted by molar-refractivity contribution is -0.123. The summed E-state index contributed by atoms with van der Waals surface area (Å²) in [7, 11) is 0. The van der Waals surface area contributed by atoms with Crippen molar-refractivity contribution >= 4 is 28.2 Å². The van der Waals surface area contributed by atoms with Gasteiger partial charge in [0.15, 0.2) is 0 Å². The molecule has 0 atom stereocenters. The van der Waals surface area contributed by atoms with Crippen LogP contribution in [0.5, 0.6) is 0 Å². The molecule has 0 saturated heterocycles. The molecule has 0 spiro atoms. The van der Waals surface area contributed by atoms with Crippen molar-refractivity contribution in [2.45, 2.75) is 47.6 Å². The summed E-state index contributed by atoms with van der Waals surface area (Å²) in [4.78, 5) is 24.4. The average molecular weight is 308 g/mol. The zero-order valence-electron chi connectivity index (χ0n) is 13.2.